The Morgan fingerprint density at radius 1 is 1.22 bits per heavy atom. The maximum absolute atomic E-state index is 12.8. The highest BCUT2D eigenvalue weighted by molar-refractivity contribution is 7.71. The number of aromatic nitrogens is 2. The molecule has 0 saturated carbocycles. The summed E-state index contributed by atoms with van der Waals surface area (Å²) in [5, 5.41) is 0.741. The number of carbonyl (C=O) groups excluding carboxylic acids is 1. The van der Waals surface area contributed by atoms with Gasteiger partial charge in [0.2, 0.25) is 0 Å². The number of fused-ring (bicyclic) bond motifs is 1. The Hall–Kier alpha value is -2.15. The summed E-state index contributed by atoms with van der Waals surface area (Å²) in [7, 11) is 0. The van der Waals surface area contributed by atoms with Crippen molar-refractivity contribution in [1.29, 1.82) is 0 Å². The predicted octanol–water partition coefficient (Wildman–Crippen LogP) is 5.23. The summed E-state index contributed by atoms with van der Waals surface area (Å²) in [6.45, 7) is 2.69. The van der Waals surface area contributed by atoms with Crippen LogP contribution in [0.15, 0.2) is 41.2 Å². The van der Waals surface area contributed by atoms with Gasteiger partial charge in [0.1, 0.15) is 5.75 Å². The highest BCUT2D eigenvalue weighted by Crippen LogP contribution is 2.24. The molecule has 0 radical (unpaired) electrons. The third-order valence-corrected chi connectivity index (χ3v) is 4.80. The number of ether oxygens (including phenoxy) is 1. The molecule has 3 rings (SSSR count). The van der Waals surface area contributed by atoms with Crippen molar-refractivity contribution in [1.82, 2.24) is 9.55 Å². The highest BCUT2D eigenvalue weighted by Gasteiger charge is 2.16. The van der Waals surface area contributed by atoms with E-state index >= 15 is 0 Å². The van der Waals surface area contributed by atoms with Gasteiger partial charge in [0, 0.05) is 10.6 Å². The van der Waals surface area contributed by atoms with E-state index < -0.39 is 11.5 Å². The maximum atomic E-state index is 12.8. The molecule has 0 atom stereocenters. The summed E-state index contributed by atoms with van der Waals surface area (Å²) >= 11 is 17.3. The van der Waals surface area contributed by atoms with Crippen LogP contribution in [0.25, 0.3) is 10.9 Å². The lowest BCUT2D eigenvalue weighted by atomic mass is 10.2. The number of benzene rings is 2. The minimum Gasteiger partial charge on any atom is -0.494 e. The fourth-order valence-electron chi connectivity index (χ4n) is 2.59. The van der Waals surface area contributed by atoms with Crippen molar-refractivity contribution in [2.45, 2.75) is 19.8 Å². The molecular formula is C19H16Cl2N2O3S. The number of carbonyl (C=O) groups is 1. The molecule has 0 bridgehead atoms. The molecule has 0 aliphatic heterocycles. The first kappa shape index (κ1) is 19.6. The van der Waals surface area contributed by atoms with E-state index in [0.29, 0.717) is 28.5 Å². The van der Waals surface area contributed by atoms with E-state index in [9.17, 15) is 9.59 Å². The second-order valence-corrected chi connectivity index (χ2v) is 7.14. The Labute approximate surface area is 170 Å². The molecule has 140 valence electrons. The van der Waals surface area contributed by atoms with Gasteiger partial charge in [-0.3, -0.25) is 9.59 Å². The Morgan fingerprint density at radius 3 is 2.59 bits per heavy atom. The third kappa shape index (κ3) is 4.08. The van der Waals surface area contributed by atoms with Crippen LogP contribution in [0.5, 0.6) is 5.75 Å². The molecule has 0 amide bonds. The van der Waals surface area contributed by atoms with E-state index in [1.54, 1.807) is 24.3 Å². The molecule has 0 spiro atoms. The molecule has 1 heterocycles. The number of nitrogens with zero attached hydrogens (tertiary/aromatic N) is 1. The van der Waals surface area contributed by atoms with Crippen molar-refractivity contribution in [3.63, 3.8) is 0 Å². The highest BCUT2D eigenvalue weighted by atomic mass is 35.5. The van der Waals surface area contributed by atoms with Gasteiger partial charge >= 0.3 is 0 Å². The molecule has 0 aliphatic carbocycles. The zero-order valence-corrected chi connectivity index (χ0v) is 16.7. The molecule has 0 unspecified atom stereocenters. The zero-order chi connectivity index (χ0) is 19.6. The predicted molar refractivity (Wildman–Crippen MR) is 110 cm³/mol. The average Bonchev–Trinajstić information content (AvgIpc) is 2.63. The molecule has 27 heavy (non-hydrogen) atoms. The number of H-pyrrole nitrogens is 1. The number of aromatic amines is 1. The summed E-state index contributed by atoms with van der Waals surface area (Å²) in [6.07, 6.45) is 1.99. The van der Waals surface area contributed by atoms with Crippen LogP contribution < -0.4 is 10.3 Å². The zero-order valence-electron chi connectivity index (χ0n) is 14.4. The first-order chi connectivity index (χ1) is 12.9. The summed E-state index contributed by atoms with van der Waals surface area (Å²) < 4.78 is 6.45. The van der Waals surface area contributed by atoms with Crippen molar-refractivity contribution in [3.05, 3.63) is 67.1 Å². The normalized spacial score (nSPS) is 10.9. The minimum atomic E-state index is -0.577. The molecule has 0 fully saturated rings. The third-order valence-electron chi connectivity index (χ3n) is 3.99. The second-order valence-electron chi connectivity index (χ2n) is 5.91. The molecule has 5 nitrogen and oxygen atoms in total. The van der Waals surface area contributed by atoms with Crippen LogP contribution in [-0.2, 0) is 0 Å². The number of halogens is 2. The standard InChI is InChI=1S/C19H16Cl2N2O3S/c1-2-3-8-26-13-6-4-11(5-7-13)17(24)23-18(25)14-9-12(20)10-15(21)16(14)22-19(23)27/h4-7,9-10H,2-3,8H2,1H3,(H,22,27). The van der Waals surface area contributed by atoms with Crippen LogP contribution in [0.1, 0.15) is 30.1 Å². The van der Waals surface area contributed by atoms with Gasteiger partial charge in [-0.15, -0.1) is 0 Å². The Balaban J connectivity index is 2.01. The Morgan fingerprint density at radius 2 is 1.93 bits per heavy atom. The van der Waals surface area contributed by atoms with E-state index in [1.807, 2.05) is 0 Å². The lowest BCUT2D eigenvalue weighted by Crippen LogP contribution is -2.29. The van der Waals surface area contributed by atoms with Gasteiger partial charge in [0.25, 0.3) is 11.5 Å². The lowest BCUT2D eigenvalue weighted by Gasteiger charge is -2.09. The first-order valence-electron chi connectivity index (χ1n) is 8.34. The lowest BCUT2D eigenvalue weighted by molar-refractivity contribution is 0.0953. The second kappa shape index (κ2) is 8.25. The average molecular weight is 423 g/mol. The Kier molecular flexibility index (Phi) is 5.99. The smallest absolute Gasteiger partial charge is 0.269 e. The van der Waals surface area contributed by atoms with Crippen molar-refractivity contribution < 1.29 is 9.53 Å². The number of nitrogens with one attached hydrogen (secondary N) is 1. The van der Waals surface area contributed by atoms with Gasteiger partial charge in [-0.05, 0) is 55.0 Å². The number of hydrogen-bond acceptors (Lipinski definition) is 4. The van der Waals surface area contributed by atoms with Crippen LogP contribution in [0, 0.1) is 4.77 Å². The topological polar surface area (TPSA) is 64.1 Å². The van der Waals surface area contributed by atoms with Crippen LogP contribution in [0.3, 0.4) is 0 Å². The molecule has 0 saturated heterocycles. The fourth-order valence-corrected chi connectivity index (χ4v) is 3.40. The SMILES string of the molecule is CCCCOc1ccc(C(=O)n2c(=S)[nH]c3c(Cl)cc(Cl)cc3c2=O)cc1. The van der Waals surface area contributed by atoms with E-state index in [1.165, 1.54) is 12.1 Å². The van der Waals surface area contributed by atoms with Crippen LogP contribution in [0.4, 0.5) is 0 Å². The van der Waals surface area contributed by atoms with Gasteiger partial charge < -0.3 is 9.72 Å². The quantitative estimate of drug-likeness (QED) is 0.451. The van der Waals surface area contributed by atoms with Crippen molar-refractivity contribution in [2.24, 2.45) is 0 Å². The molecule has 3 aromatic rings. The van der Waals surface area contributed by atoms with Crippen molar-refractivity contribution >= 4 is 52.2 Å². The van der Waals surface area contributed by atoms with E-state index in [2.05, 4.69) is 11.9 Å². The van der Waals surface area contributed by atoms with Crippen molar-refractivity contribution in [2.75, 3.05) is 6.61 Å². The van der Waals surface area contributed by atoms with E-state index in [0.717, 1.165) is 17.4 Å². The van der Waals surface area contributed by atoms with Gasteiger partial charge in [0.05, 0.1) is 22.5 Å². The van der Waals surface area contributed by atoms with Gasteiger partial charge in [-0.2, -0.15) is 0 Å². The number of hydrogen-bond donors (Lipinski definition) is 1. The maximum Gasteiger partial charge on any atom is 0.269 e. The fraction of sp³-hybridized carbons (Fsp3) is 0.211. The molecule has 2 aromatic carbocycles. The molecular weight excluding hydrogens is 407 g/mol. The summed E-state index contributed by atoms with van der Waals surface area (Å²) in [5.74, 6) is 0.119. The van der Waals surface area contributed by atoms with Gasteiger partial charge in [-0.25, -0.2) is 4.57 Å². The van der Waals surface area contributed by atoms with E-state index in [4.69, 9.17) is 40.2 Å². The van der Waals surface area contributed by atoms with Crippen LogP contribution in [-0.4, -0.2) is 22.1 Å². The van der Waals surface area contributed by atoms with Crippen LogP contribution >= 0.6 is 35.4 Å². The molecule has 1 N–H and O–H groups in total. The summed E-state index contributed by atoms with van der Waals surface area (Å²) in [6, 6.07) is 9.52. The summed E-state index contributed by atoms with van der Waals surface area (Å²) in [4.78, 5) is 28.5. The van der Waals surface area contributed by atoms with Crippen molar-refractivity contribution in [3.8, 4) is 5.75 Å². The number of rotatable bonds is 5. The first-order valence-corrected chi connectivity index (χ1v) is 9.50. The largest absolute Gasteiger partial charge is 0.494 e. The monoisotopic (exact) mass is 422 g/mol. The molecule has 8 heteroatoms. The number of unbranched alkanes of at least 4 members (excludes halogenated alkanes) is 1. The van der Waals surface area contributed by atoms with Gasteiger partial charge in [0.15, 0.2) is 4.77 Å². The summed E-state index contributed by atoms with van der Waals surface area (Å²) in [5.41, 5.74) is 0.0816. The Bertz CT molecular complexity index is 1120. The van der Waals surface area contributed by atoms with Gasteiger partial charge in [-0.1, -0.05) is 36.5 Å². The van der Waals surface area contributed by atoms with Crippen LogP contribution in [0.2, 0.25) is 10.0 Å². The minimum absolute atomic E-state index is 0.0370. The van der Waals surface area contributed by atoms with E-state index in [-0.39, 0.29) is 15.2 Å². The molecule has 1 aromatic heterocycles. The molecule has 0 aliphatic rings.